The molecule has 0 spiro atoms. The van der Waals surface area contributed by atoms with Crippen LogP contribution in [0.1, 0.15) is 18.9 Å². The van der Waals surface area contributed by atoms with Crippen molar-refractivity contribution in [3.63, 3.8) is 0 Å². The first-order chi connectivity index (χ1) is 9.60. The molecule has 1 saturated heterocycles. The molecule has 0 saturated carbocycles. The molecule has 110 valence electrons. The monoisotopic (exact) mass is 278 g/mol. The van der Waals surface area contributed by atoms with Crippen molar-refractivity contribution in [1.29, 1.82) is 0 Å². The van der Waals surface area contributed by atoms with Crippen molar-refractivity contribution in [2.24, 2.45) is 5.73 Å². The summed E-state index contributed by atoms with van der Waals surface area (Å²) in [6, 6.07) is 7.74. The molecule has 0 radical (unpaired) electrons. The molecule has 0 bridgehead atoms. The van der Waals surface area contributed by atoms with E-state index in [1.165, 1.54) is 0 Å². The minimum absolute atomic E-state index is 0.0147. The summed E-state index contributed by atoms with van der Waals surface area (Å²) in [5, 5.41) is 0. The Morgan fingerprint density at radius 2 is 2.35 bits per heavy atom. The van der Waals surface area contributed by atoms with Crippen molar-refractivity contribution < 1.29 is 14.3 Å². The van der Waals surface area contributed by atoms with E-state index in [1.54, 1.807) is 18.9 Å². The predicted octanol–water partition coefficient (Wildman–Crippen LogP) is 1.16. The highest BCUT2D eigenvalue weighted by atomic mass is 16.5. The number of amides is 1. The minimum atomic E-state index is -0.452. The minimum Gasteiger partial charge on any atom is -0.497 e. The van der Waals surface area contributed by atoms with Crippen LogP contribution in [0.2, 0.25) is 0 Å². The van der Waals surface area contributed by atoms with Gasteiger partial charge in [0.25, 0.3) is 5.91 Å². The molecule has 1 heterocycles. The fraction of sp³-hybridized carbons (Fsp3) is 0.533. The summed E-state index contributed by atoms with van der Waals surface area (Å²) < 4.78 is 10.8. The fourth-order valence-corrected chi connectivity index (χ4v) is 2.30. The molecule has 2 atom stereocenters. The number of nitrogens with two attached hydrogens (primary N) is 1. The highest BCUT2D eigenvalue weighted by molar-refractivity contribution is 5.80. The SMILES string of the molecule is COc1cccc(COC(C)C(=O)N2CC[C@@H](N)C2)c1. The molecular formula is C15H22N2O3. The Balaban J connectivity index is 1.85. The second-order valence-electron chi connectivity index (χ2n) is 5.14. The van der Waals surface area contributed by atoms with E-state index in [4.69, 9.17) is 15.2 Å². The number of methoxy groups -OCH3 is 1. The van der Waals surface area contributed by atoms with Gasteiger partial charge in [0.15, 0.2) is 0 Å². The van der Waals surface area contributed by atoms with Crippen LogP contribution < -0.4 is 10.5 Å². The molecule has 1 aromatic rings. The van der Waals surface area contributed by atoms with Gasteiger partial charge >= 0.3 is 0 Å². The molecule has 5 nitrogen and oxygen atoms in total. The van der Waals surface area contributed by atoms with Crippen molar-refractivity contribution in [1.82, 2.24) is 4.90 Å². The Morgan fingerprint density at radius 1 is 1.55 bits per heavy atom. The van der Waals surface area contributed by atoms with E-state index >= 15 is 0 Å². The molecular weight excluding hydrogens is 256 g/mol. The third-order valence-corrected chi connectivity index (χ3v) is 3.52. The largest absolute Gasteiger partial charge is 0.497 e. The van der Waals surface area contributed by atoms with Crippen LogP contribution in [-0.4, -0.2) is 43.2 Å². The molecule has 5 heteroatoms. The van der Waals surface area contributed by atoms with E-state index in [0.29, 0.717) is 13.2 Å². The van der Waals surface area contributed by atoms with Crippen LogP contribution >= 0.6 is 0 Å². The Hall–Kier alpha value is -1.59. The summed E-state index contributed by atoms with van der Waals surface area (Å²) in [5.41, 5.74) is 6.80. The Bertz CT molecular complexity index is 464. The molecule has 1 fully saturated rings. The van der Waals surface area contributed by atoms with Crippen LogP contribution in [-0.2, 0) is 16.1 Å². The van der Waals surface area contributed by atoms with Crippen molar-refractivity contribution >= 4 is 5.91 Å². The first-order valence-corrected chi connectivity index (χ1v) is 6.89. The Labute approximate surface area is 119 Å². The zero-order valence-electron chi connectivity index (χ0n) is 12.0. The van der Waals surface area contributed by atoms with E-state index in [9.17, 15) is 4.79 Å². The first-order valence-electron chi connectivity index (χ1n) is 6.89. The molecule has 1 aliphatic heterocycles. The average molecular weight is 278 g/mol. The van der Waals surface area contributed by atoms with Gasteiger partial charge in [0.05, 0.1) is 13.7 Å². The van der Waals surface area contributed by atoms with Crippen LogP contribution in [0.3, 0.4) is 0 Å². The van der Waals surface area contributed by atoms with Crippen molar-refractivity contribution in [3.8, 4) is 5.75 Å². The third-order valence-electron chi connectivity index (χ3n) is 3.52. The van der Waals surface area contributed by atoms with E-state index in [-0.39, 0.29) is 11.9 Å². The van der Waals surface area contributed by atoms with Gasteiger partial charge in [-0.3, -0.25) is 4.79 Å². The van der Waals surface area contributed by atoms with Gasteiger partial charge < -0.3 is 20.1 Å². The van der Waals surface area contributed by atoms with Gasteiger partial charge in [0, 0.05) is 19.1 Å². The summed E-state index contributed by atoms with van der Waals surface area (Å²) in [5.74, 6) is 0.802. The number of likely N-dealkylation sites (tertiary alicyclic amines) is 1. The summed E-state index contributed by atoms with van der Waals surface area (Å²) in [7, 11) is 1.63. The van der Waals surface area contributed by atoms with Crippen LogP contribution in [0.25, 0.3) is 0 Å². The van der Waals surface area contributed by atoms with E-state index in [0.717, 1.165) is 24.3 Å². The standard InChI is InChI=1S/C15H22N2O3/c1-11(15(18)17-7-6-13(16)9-17)20-10-12-4-3-5-14(8-12)19-2/h3-5,8,11,13H,6-7,9-10,16H2,1-2H3/t11?,13-/m1/s1. The lowest BCUT2D eigenvalue weighted by Gasteiger charge is -2.21. The molecule has 0 aromatic heterocycles. The van der Waals surface area contributed by atoms with Gasteiger partial charge in [-0.25, -0.2) is 0 Å². The summed E-state index contributed by atoms with van der Waals surface area (Å²) in [4.78, 5) is 13.9. The summed E-state index contributed by atoms with van der Waals surface area (Å²) >= 11 is 0. The number of rotatable bonds is 5. The highest BCUT2D eigenvalue weighted by Gasteiger charge is 2.27. The van der Waals surface area contributed by atoms with E-state index < -0.39 is 6.10 Å². The fourth-order valence-electron chi connectivity index (χ4n) is 2.30. The van der Waals surface area contributed by atoms with Gasteiger partial charge in [0.1, 0.15) is 11.9 Å². The number of carbonyl (C=O) groups is 1. The van der Waals surface area contributed by atoms with E-state index in [1.807, 2.05) is 24.3 Å². The normalized spacial score (nSPS) is 19.9. The highest BCUT2D eigenvalue weighted by Crippen LogP contribution is 2.15. The predicted molar refractivity (Wildman–Crippen MR) is 76.4 cm³/mol. The van der Waals surface area contributed by atoms with Gasteiger partial charge in [-0.05, 0) is 31.0 Å². The lowest BCUT2D eigenvalue weighted by atomic mass is 10.2. The quantitative estimate of drug-likeness (QED) is 0.878. The Morgan fingerprint density at radius 3 is 3.00 bits per heavy atom. The maximum absolute atomic E-state index is 12.2. The lowest BCUT2D eigenvalue weighted by Crippen LogP contribution is -2.39. The van der Waals surface area contributed by atoms with Crippen molar-refractivity contribution in [2.45, 2.75) is 32.1 Å². The van der Waals surface area contributed by atoms with Crippen molar-refractivity contribution in [2.75, 3.05) is 20.2 Å². The molecule has 1 aliphatic rings. The van der Waals surface area contributed by atoms with Gasteiger partial charge in [-0.2, -0.15) is 0 Å². The zero-order chi connectivity index (χ0) is 14.5. The smallest absolute Gasteiger partial charge is 0.251 e. The van der Waals surface area contributed by atoms with Crippen LogP contribution in [0.4, 0.5) is 0 Å². The number of nitrogens with zero attached hydrogens (tertiary/aromatic N) is 1. The molecule has 2 rings (SSSR count). The molecule has 1 unspecified atom stereocenters. The summed E-state index contributed by atoms with van der Waals surface area (Å²) in [6.07, 6.45) is 0.417. The zero-order valence-corrected chi connectivity index (χ0v) is 12.0. The average Bonchev–Trinajstić information content (AvgIpc) is 2.90. The molecule has 1 amide bonds. The molecule has 20 heavy (non-hydrogen) atoms. The lowest BCUT2D eigenvalue weighted by molar-refractivity contribution is -0.142. The van der Waals surface area contributed by atoms with Crippen molar-refractivity contribution in [3.05, 3.63) is 29.8 Å². The number of ether oxygens (including phenoxy) is 2. The van der Waals surface area contributed by atoms with Gasteiger partial charge in [-0.15, -0.1) is 0 Å². The second-order valence-corrected chi connectivity index (χ2v) is 5.14. The molecule has 0 aliphatic carbocycles. The number of hydrogen-bond donors (Lipinski definition) is 1. The van der Waals surface area contributed by atoms with Crippen LogP contribution in [0, 0.1) is 0 Å². The third kappa shape index (κ3) is 3.71. The molecule has 2 N–H and O–H groups in total. The van der Waals surface area contributed by atoms with E-state index in [2.05, 4.69) is 0 Å². The maximum Gasteiger partial charge on any atom is 0.251 e. The first kappa shape index (κ1) is 14.8. The van der Waals surface area contributed by atoms with Gasteiger partial charge in [-0.1, -0.05) is 12.1 Å². The topological polar surface area (TPSA) is 64.8 Å². The maximum atomic E-state index is 12.2. The van der Waals surface area contributed by atoms with Crippen LogP contribution in [0.5, 0.6) is 5.75 Å². The number of benzene rings is 1. The number of carbonyl (C=O) groups excluding carboxylic acids is 1. The molecule has 1 aromatic carbocycles. The Kier molecular flexibility index (Phi) is 4.98. The second kappa shape index (κ2) is 6.72. The van der Waals surface area contributed by atoms with Gasteiger partial charge in [0.2, 0.25) is 0 Å². The number of hydrogen-bond acceptors (Lipinski definition) is 4. The van der Waals surface area contributed by atoms with Crippen LogP contribution in [0.15, 0.2) is 24.3 Å². The summed E-state index contributed by atoms with van der Waals surface area (Å²) in [6.45, 7) is 3.54.